The molecule has 0 saturated carbocycles. The van der Waals surface area contributed by atoms with E-state index in [1.807, 2.05) is 0 Å². The van der Waals surface area contributed by atoms with E-state index in [9.17, 15) is 21.6 Å². The van der Waals surface area contributed by atoms with E-state index in [-0.39, 0.29) is 18.1 Å². The summed E-state index contributed by atoms with van der Waals surface area (Å²) < 4.78 is 63.2. The topological polar surface area (TPSA) is 37.4 Å². The first-order valence-electron chi connectivity index (χ1n) is 5.51. The van der Waals surface area contributed by atoms with Crippen molar-refractivity contribution in [2.75, 3.05) is 13.1 Å². The van der Waals surface area contributed by atoms with E-state index in [1.54, 1.807) is 13.8 Å². The van der Waals surface area contributed by atoms with Crippen molar-refractivity contribution in [1.29, 1.82) is 0 Å². The van der Waals surface area contributed by atoms with E-state index < -0.39 is 26.7 Å². The molecule has 19 heavy (non-hydrogen) atoms. The zero-order chi connectivity index (χ0) is 14.8. The number of rotatable bonds is 4. The fourth-order valence-electron chi connectivity index (χ4n) is 1.58. The van der Waals surface area contributed by atoms with Gasteiger partial charge in [-0.2, -0.15) is 17.5 Å². The Hall–Kier alpha value is -0.790. The second kappa shape index (κ2) is 5.68. The van der Waals surface area contributed by atoms with Crippen LogP contribution in [0.15, 0.2) is 23.1 Å². The molecule has 0 aliphatic heterocycles. The van der Waals surface area contributed by atoms with Crippen molar-refractivity contribution < 1.29 is 21.6 Å². The third-order valence-corrected chi connectivity index (χ3v) is 5.11. The Kier molecular flexibility index (Phi) is 4.86. The monoisotopic (exact) mass is 315 g/mol. The molecule has 0 saturated heterocycles. The molecular formula is C11H13ClF3NO2S. The van der Waals surface area contributed by atoms with Crippen LogP contribution < -0.4 is 0 Å². The first-order valence-corrected chi connectivity index (χ1v) is 7.33. The van der Waals surface area contributed by atoms with Crippen LogP contribution in [0.5, 0.6) is 0 Å². The summed E-state index contributed by atoms with van der Waals surface area (Å²) >= 11 is 5.72. The highest BCUT2D eigenvalue weighted by atomic mass is 35.5. The molecule has 0 bridgehead atoms. The lowest BCUT2D eigenvalue weighted by Crippen LogP contribution is -2.31. The summed E-state index contributed by atoms with van der Waals surface area (Å²) in [7, 11) is -4.01. The number of nitrogens with zero attached hydrogens (tertiary/aromatic N) is 1. The normalized spacial score (nSPS) is 13.0. The SMILES string of the molecule is CCN(CC)S(=O)(=O)c1cc(C(F)(F)F)ccc1Cl. The molecule has 0 spiro atoms. The number of benzene rings is 1. The first kappa shape index (κ1) is 16.3. The lowest BCUT2D eigenvalue weighted by atomic mass is 10.2. The van der Waals surface area contributed by atoms with Gasteiger partial charge in [-0.05, 0) is 18.2 Å². The van der Waals surface area contributed by atoms with Crippen molar-refractivity contribution in [1.82, 2.24) is 4.31 Å². The molecule has 0 atom stereocenters. The zero-order valence-corrected chi connectivity index (χ0v) is 11.9. The Bertz CT molecular complexity index is 554. The zero-order valence-electron chi connectivity index (χ0n) is 10.3. The van der Waals surface area contributed by atoms with Gasteiger partial charge in [0, 0.05) is 13.1 Å². The predicted molar refractivity (Wildman–Crippen MR) is 66.6 cm³/mol. The van der Waals surface area contributed by atoms with Gasteiger partial charge in [0.25, 0.3) is 0 Å². The first-order chi connectivity index (χ1) is 8.64. The Morgan fingerprint density at radius 3 is 2.16 bits per heavy atom. The smallest absolute Gasteiger partial charge is 0.207 e. The van der Waals surface area contributed by atoms with Gasteiger partial charge < -0.3 is 0 Å². The van der Waals surface area contributed by atoms with Crippen LogP contribution in [0.4, 0.5) is 13.2 Å². The Morgan fingerprint density at radius 1 is 1.21 bits per heavy atom. The van der Waals surface area contributed by atoms with Crippen LogP contribution in [0.1, 0.15) is 19.4 Å². The van der Waals surface area contributed by atoms with Gasteiger partial charge in [-0.25, -0.2) is 8.42 Å². The highest BCUT2D eigenvalue weighted by Crippen LogP contribution is 2.34. The summed E-state index contributed by atoms with van der Waals surface area (Å²) in [6.45, 7) is 3.52. The van der Waals surface area contributed by atoms with E-state index in [0.717, 1.165) is 16.4 Å². The lowest BCUT2D eigenvalue weighted by molar-refractivity contribution is -0.137. The maximum absolute atomic E-state index is 12.6. The molecule has 0 fully saturated rings. The molecular weight excluding hydrogens is 303 g/mol. The summed E-state index contributed by atoms with van der Waals surface area (Å²) in [5, 5.41) is -0.222. The molecule has 0 unspecified atom stereocenters. The second-order valence-corrected chi connectivity index (χ2v) is 6.05. The molecule has 1 aromatic carbocycles. The Labute approximate surface area is 115 Å². The van der Waals surface area contributed by atoms with Gasteiger partial charge in [-0.3, -0.25) is 0 Å². The fourth-order valence-corrected chi connectivity index (χ4v) is 3.54. The third kappa shape index (κ3) is 3.40. The van der Waals surface area contributed by atoms with Crippen LogP contribution in [-0.2, 0) is 16.2 Å². The lowest BCUT2D eigenvalue weighted by Gasteiger charge is -2.20. The minimum Gasteiger partial charge on any atom is -0.207 e. The van der Waals surface area contributed by atoms with Gasteiger partial charge in [0.2, 0.25) is 10.0 Å². The van der Waals surface area contributed by atoms with E-state index in [0.29, 0.717) is 6.07 Å². The molecule has 0 amide bonds. The largest absolute Gasteiger partial charge is 0.416 e. The highest BCUT2D eigenvalue weighted by molar-refractivity contribution is 7.89. The summed E-state index contributed by atoms with van der Waals surface area (Å²) in [4.78, 5) is -0.521. The molecule has 1 aromatic rings. The Morgan fingerprint density at radius 2 is 1.74 bits per heavy atom. The molecule has 0 radical (unpaired) electrons. The molecule has 0 aliphatic rings. The van der Waals surface area contributed by atoms with Crippen molar-refractivity contribution in [3.63, 3.8) is 0 Å². The fraction of sp³-hybridized carbons (Fsp3) is 0.455. The average Bonchev–Trinajstić information content (AvgIpc) is 2.28. The van der Waals surface area contributed by atoms with Gasteiger partial charge in [-0.1, -0.05) is 25.4 Å². The summed E-state index contributed by atoms with van der Waals surface area (Å²) in [5.74, 6) is 0. The molecule has 0 aliphatic carbocycles. The second-order valence-electron chi connectivity index (χ2n) is 3.73. The molecule has 0 heterocycles. The van der Waals surface area contributed by atoms with Gasteiger partial charge in [-0.15, -0.1) is 0 Å². The number of hydrogen-bond acceptors (Lipinski definition) is 2. The van der Waals surface area contributed by atoms with Crippen molar-refractivity contribution >= 4 is 21.6 Å². The standard InChI is InChI=1S/C11H13ClF3NO2S/c1-3-16(4-2)19(17,18)10-7-8(11(13,14)15)5-6-9(10)12/h5-7H,3-4H2,1-2H3. The van der Waals surface area contributed by atoms with E-state index in [2.05, 4.69) is 0 Å². The average molecular weight is 316 g/mol. The maximum Gasteiger partial charge on any atom is 0.416 e. The van der Waals surface area contributed by atoms with Gasteiger partial charge >= 0.3 is 6.18 Å². The quantitative estimate of drug-likeness (QED) is 0.854. The molecule has 108 valence electrons. The van der Waals surface area contributed by atoms with Gasteiger partial charge in [0.1, 0.15) is 4.90 Å². The molecule has 1 rings (SSSR count). The number of hydrogen-bond donors (Lipinski definition) is 0. The van der Waals surface area contributed by atoms with Crippen LogP contribution in [0.25, 0.3) is 0 Å². The minimum absolute atomic E-state index is 0.158. The Balaban J connectivity index is 3.42. The van der Waals surface area contributed by atoms with Crippen LogP contribution in [0, 0.1) is 0 Å². The number of halogens is 4. The van der Waals surface area contributed by atoms with Gasteiger partial charge in [0.05, 0.1) is 10.6 Å². The molecule has 3 nitrogen and oxygen atoms in total. The third-order valence-electron chi connectivity index (χ3n) is 2.58. The van der Waals surface area contributed by atoms with Gasteiger partial charge in [0.15, 0.2) is 0 Å². The van der Waals surface area contributed by atoms with E-state index >= 15 is 0 Å². The molecule has 0 aromatic heterocycles. The van der Waals surface area contributed by atoms with E-state index in [4.69, 9.17) is 11.6 Å². The van der Waals surface area contributed by atoms with Crippen LogP contribution in [0.2, 0.25) is 5.02 Å². The summed E-state index contributed by atoms with van der Waals surface area (Å²) in [5.41, 5.74) is -1.04. The van der Waals surface area contributed by atoms with Crippen LogP contribution >= 0.6 is 11.6 Å². The van der Waals surface area contributed by atoms with Crippen molar-refractivity contribution in [3.8, 4) is 0 Å². The summed E-state index contributed by atoms with van der Waals surface area (Å²) in [6, 6.07) is 2.26. The van der Waals surface area contributed by atoms with E-state index in [1.165, 1.54) is 0 Å². The van der Waals surface area contributed by atoms with Crippen molar-refractivity contribution in [3.05, 3.63) is 28.8 Å². The van der Waals surface area contributed by atoms with Crippen LogP contribution in [-0.4, -0.2) is 25.8 Å². The highest BCUT2D eigenvalue weighted by Gasteiger charge is 2.33. The maximum atomic E-state index is 12.6. The molecule has 0 N–H and O–H groups in total. The minimum atomic E-state index is -4.61. The van der Waals surface area contributed by atoms with Crippen molar-refractivity contribution in [2.24, 2.45) is 0 Å². The van der Waals surface area contributed by atoms with Crippen molar-refractivity contribution in [2.45, 2.75) is 24.9 Å². The number of alkyl halides is 3. The summed E-state index contributed by atoms with van der Waals surface area (Å²) in [6.07, 6.45) is -4.61. The molecule has 8 heteroatoms. The predicted octanol–water partition coefficient (Wildman–Crippen LogP) is 3.39. The van der Waals surface area contributed by atoms with Crippen LogP contribution in [0.3, 0.4) is 0 Å². The number of sulfonamides is 1.